The molecule has 0 rings (SSSR count). The molecule has 0 aromatic heterocycles. The Bertz CT molecular complexity index is 5.57. The van der Waals surface area contributed by atoms with Gasteiger partial charge in [0.25, 0.3) is 0 Å². The molecular weight excluding hydrogens is 407 g/mol. The van der Waals surface area contributed by atoms with E-state index in [0.29, 0.717) is 0 Å². The predicted molar refractivity (Wildman–Crippen MR) is 125 cm³/mol. The molecule has 0 aliphatic rings. The average molecular weight is 426 g/mol. The Kier molecular flexibility index (Phi) is 999. The van der Waals surface area contributed by atoms with Gasteiger partial charge in [0.05, 0.1) is 0 Å². The van der Waals surface area contributed by atoms with E-state index in [9.17, 15) is 0 Å². The maximum absolute atomic E-state index is 0. The van der Waals surface area contributed by atoms with E-state index >= 15 is 0 Å². The van der Waals surface area contributed by atoms with Gasteiger partial charge in [-0.1, -0.05) is 0 Å². The fraction of sp³-hybridized carbons (Fsp3) is 0. The van der Waals surface area contributed by atoms with Crippen molar-refractivity contribution in [3.63, 3.8) is 0 Å². The molecule has 18 heteroatoms. The van der Waals surface area contributed by atoms with Gasteiger partial charge < -0.3 is 5.48 Å². The van der Waals surface area contributed by atoms with Crippen molar-refractivity contribution in [1.29, 1.82) is 0 Å². The van der Waals surface area contributed by atoms with Crippen molar-refractivity contribution in [2.45, 2.75) is 0 Å². The number of rotatable bonds is 0. The van der Waals surface area contributed by atoms with Gasteiger partial charge in [-0.15, -0.1) is 0 Å². The Morgan fingerprint density at radius 3 is 0.111 bits per heavy atom. The van der Waals surface area contributed by atoms with Gasteiger partial charge in [0.2, 0.25) is 0 Å². The molecule has 0 atom stereocenters. The second-order valence-electron chi connectivity index (χ2n) is 0. The molecule has 0 aliphatic heterocycles. The summed E-state index contributed by atoms with van der Waals surface area (Å²) in [6.45, 7) is 0. The molecule has 0 aliphatic carbocycles. The van der Waals surface area contributed by atoms with Gasteiger partial charge in [0.1, 0.15) is 0 Å². The molecule has 18 heavy (non-hydrogen) atoms. The summed E-state index contributed by atoms with van der Waals surface area (Å²) in [5.74, 6) is 0. The monoisotopic (exact) mass is 426 g/mol. The summed E-state index contributed by atoms with van der Waals surface area (Å²) in [6.07, 6.45) is 0. The molecule has 0 unspecified atom stereocenters. The molecule has 0 saturated carbocycles. The summed E-state index contributed by atoms with van der Waals surface area (Å²) in [5.41, 5.74) is 0. The zero-order valence-electron chi connectivity index (χ0n) is 0.500. The topological polar surface area (TPSA) is 31.5 Å². The molecule has 0 bridgehead atoms. The van der Waals surface area contributed by atoms with Crippen molar-refractivity contribution in [2.24, 2.45) is 0 Å². The molecule has 0 heterocycles. The third-order valence-electron chi connectivity index (χ3n) is 0. The molecule has 0 aromatic carbocycles. The van der Waals surface area contributed by atoms with Crippen molar-refractivity contribution < 1.29 is 5.48 Å². The summed E-state index contributed by atoms with van der Waals surface area (Å²) in [4.78, 5) is 0. The normalized spacial score (nSPS) is 0. The van der Waals surface area contributed by atoms with E-state index in [1.165, 1.54) is 0 Å². The van der Waals surface area contributed by atoms with Crippen molar-refractivity contribution in [3.8, 4) is 0 Å². The predicted octanol–water partition coefficient (Wildman–Crippen LogP) is -11.8. The Balaban J connectivity index is 0. The molecule has 2 N–H and O–H groups in total. The van der Waals surface area contributed by atoms with Crippen LogP contribution in [0.2, 0.25) is 0 Å². The van der Waals surface area contributed by atoms with Crippen LogP contribution in [0.15, 0.2) is 0 Å². The minimum absolute atomic E-state index is 0. The van der Waals surface area contributed by atoms with E-state index in [1.807, 2.05) is 0 Å². The van der Waals surface area contributed by atoms with Crippen LogP contribution in [0.1, 0.15) is 0 Å². The van der Waals surface area contributed by atoms with Crippen LogP contribution in [0, 0.1) is 0 Å². The first-order chi connectivity index (χ1) is 0. The average Bonchev–Trinajstić information content (AvgIpc) is 0. The SMILES string of the molecule is O.[NaH].[NaH].[NaH].[NaH].[NaH].[NaH].[NaH].[NaH].[NaH].[NaH].[NaH].[NaH].[NaH].[NaH].[NaH].[NaH].[NaH]. The van der Waals surface area contributed by atoms with Crippen molar-refractivity contribution in [3.05, 3.63) is 0 Å². The van der Waals surface area contributed by atoms with Gasteiger partial charge in [0.15, 0.2) is 0 Å². The van der Waals surface area contributed by atoms with E-state index in [-0.39, 0.29) is 508 Å². The van der Waals surface area contributed by atoms with Crippen LogP contribution in [0.5, 0.6) is 0 Å². The summed E-state index contributed by atoms with van der Waals surface area (Å²) < 4.78 is 0. The van der Waals surface area contributed by atoms with Gasteiger partial charge in [-0.25, -0.2) is 0 Å². The second-order valence-corrected chi connectivity index (χ2v) is 0. The molecule has 1 nitrogen and oxygen atoms in total. The molecule has 0 aromatic rings. The summed E-state index contributed by atoms with van der Waals surface area (Å²) in [6, 6.07) is 0. The molecule has 0 amide bonds. The van der Waals surface area contributed by atoms with E-state index in [2.05, 4.69) is 0 Å². The Morgan fingerprint density at radius 2 is 0.111 bits per heavy atom. The fourth-order valence-corrected chi connectivity index (χ4v) is 0. The van der Waals surface area contributed by atoms with Crippen molar-refractivity contribution in [2.75, 3.05) is 0 Å². The Morgan fingerprint density at radius 1 is 0.111 bits per heavy atom. The molecule has 0 spiro atoms. The standard InChI is InChI=1S/17Na.H2O.17H/h;;;;;;;;;;;;;;;;;1H2;;;;;;;;;;;;;;;;;. The van der Waals surface area contributed by atoms with E-state index in [1.54, 1.807) is 0 Å². The zero-order chi connectivity index (χ0) is 0. The van der Waals surface area contributed by atoms with E-state index < -0.39 is 0 Å². The van der Waals surface area contributed by atoms with Crippen molar-refractivity contribution in [1.82, 2.24) is 0 Å². The maximum atomic E-state index is 0. The van der Waals surface area contributed by atoms with Crippen LogP contribution >= 0.6 is 0 Å². The van der Waals surface area contributed by atoms with Gasteiger partial charge >= 0.3 is 502 Å². The first-order valence-electron chi connectivity index (χ1n) is 0. The van der Waals surface area contributed by atoms with Crippen LogP contribution < -0.4 is 0 Å². The molecule has 0 saturated heterocycles. The van der Waals surface area contributed by atoms with Crippen molar-refractivity contribution >= 4 is 502 Å². The van der Waals surface area contributed by atoms with Crippen LogP contribution in [-0.2, 0) is 0 Å². The first-order valence-corrected chi connectivity index (χ1v) is 0. The molecular formula is H19Na17O. The van der Waals surface area contributed by atoms with E-state index in [0.717, 1.165) is 0 Å². The molecule has 0 fully saturated rings. The van der Waals surface area contributed by atoms with Gasteiger partial charge in [-0.2, -0.15) is 0 Å². The van der Waals surface area contributed by atoms with Gasteiger partial charge in [-0.05, 0) is 0 Å². The second kappa shape index (κ2) is 128. The third-order valence-corrected chi connectivity index (χ3v) is 0. The van der Waals surface area contributed by atoms with E-state index in [4.69, 9.17) is 0 Å². The number of hydrogen-bond donors (Lipinski definition) is 0. The fourth-order valence-electron chi connectivity index (χ4n) is 0. The van der Waals surface area contributed by atoms with Crippen LogP contribution in [0.4, 0.5) is 0 Å². The molecule has 42 valence electrons. The zero-order valence-corrected chi connectivity index (χ0v) is 0.500. The van der Waals surface area contributed by atoms with Crippen LogP contribution in [0.25, 0.3) is 0 Å². The summed E-state index contributed by atoms with van der Waals surface area (Å²) in [7, 11) is 0. The Hall–Kier alpha value is 17.0. The van der Waals surface area contributed by atoms with Crippen LogP contribution in [0.3, 0.4) is 0 Å². The minimum atomic E-state index is 0. The summed E-state index contributed by atoms with van der Waals surface area (Å²) in [5, 5.41) is 0. The molecule has 0 radical (unpaired) electrons. The Labute approximate surface area is 490 Å². The third kappa shape index (κ3) is 117. The first kappa shape index (κ1) is 140. The summed E-state index contributed by atoms with van der Waals surface area (Å²) >= 11 is 0. The quantitative estimate of drug-likeness (QED) is 0.345. The number of hydrogen-bond acceptors (Lipinski definition) is 0. The van der Waals surface area contributed by atoms with Gasteiger partial charge in [0, 0.05) is 0 Å². The van der Waals surface area contributed by atoms with Crippen LogP contribution in [-0.4, -0.2) is 508 Å². The van der Waals surface area contributed by atoms with Gasteiger partial charge in [-0.3, -0.25) is 0 Å².